The van der Waals surface area contributed by atoms with E-state index in [0.29, 0.717) is 6.61 Å². The van der Waals surface area contributed by atoms with E-state index < -0.39 is 27.7 Å². The fourth-order valence-electron chi connectivity index (χ4n) is 1.00. The van der Waals surface area contributed by atoms with Gasteiger partial charge in [0.2, 0.25) is 0 Å². The van der Waals surface area contributed by atoms with E-state index in [1.54, 1.807) is 6.92 Å². The summed E-state index contributed by atoms with van der Waals surface area (Å²) in [5.41, 5.74) is 5.32. The zero-order valence-corrected chi connectivity index (χ0v) is 9.75. The van der Waals surface area contributed by atoms with Gasteiger partial charge in [-0.25, -0.2) is 8.42 Å². The minimum absolute atomic E-state index is 0.105. The highest BCUT2D eigenvalue weighted by molar-refractivity contribution is 7.92. The molecule has 0 aliphatic heterocycles. The highest BCUT2D eigenvalue weighted by Crippen LogP contribution is 1.99. The minimum Gasteiger partial charge on any atom is -0.468 e. The maximum absolute atomic E-state index is 11.4. The lowest BCUT2D eigenvalue weighted by Crippen LogP contribution is -2.34. The number of nitrogens with two attached hydrogens (primary N) is 1. The molecule has 15 heavy (non-hydrogen) atoms. The molecular formula is C8H17NO5S. The van der Waals surface area contributed by atoms with Gasteiger partial charge >= 0.3 is 5.97 Å². The van der Waals surface area contributed by atoms with Crippen LogP contribution in [-0.4, -0.2) is 52.3 Å². The minimum atomic E-state index is -3.51. The third-order valence-electron chi connectivity index (χ3n) is 1.67. The molecule has 0 radical (unpaired) electrons. The van der Waals surface area contributed by atoms with Gasteiger partial charge < -0.3 is 15.2 Å². The van der Waals surface area contributed by atoms with Crippen LogP contribution in [0.4, 0.5) is 0 Å². The number of ether oxygens (including phenoxy) is 2. The maximum atomic E-state index is 11.4. The second-order valence-electron chi connectivity index (χ2n) is 2.94. The number of sulfone groups is 1. The zero-order chi connectivity index (χ0) is 11.9. The van der Waals surface area contributed by atoms with Crippen molar-refractivity contribution in [2.24, 2.45) is 5.73 Å². The number of rotatable bonds is 7. The summed E-state index contributed by atoms with van der Waals surface area (Å²) in [5.74, 6) is -1.67. The topological polar surface area (TPSA) is 95.7 Å². The Labute approximate surface area is 89.6 Å². The molecule has 0 bridgehead atoms. The van der Waals surface area contributed by atoms with E-state index in [2.05, 4.69) is 4.74 Å². The predicted octanol–water partition coefficient (Wildman–Crippen LogP) is -1.06. The Balaban J connectivity index is 4.28. The smallest absolute Gasteiger partial charge is 0.320 e. The van der Waals surface area contributed by atoms with Crippen molar-refractivity contribution in [1.29, 1.82) is 0 Å². The molecule has 1 atom stereocenters. The Morgan fingerprint density at radius 2 is 2.07 bits per heavy atom. The van der Waals surface area contributed by atoms with E-state index in [-0.39, 0.29) is 12.3 Å². The molecule has 0 fully saturated rings. The molecule has 90 valence electrons. The lowest BCUT2D eigenvalue weighted by Gasteiger charge is -2.14. The molecule has 0 saturated carbocycles. The molecule has 0 heterocycles. The first kappa shape index (κ1) is 14.3. The third kappa shape index (κ3) is 6.43. The van der Waals surface area contributed by atoms with Crippen LogP contribution in [0.2, 0.25) is 0 Å². The zero-order valence-electron chi connectivity index (χ0n) is 8.93. The molecule has 7 heteroatoms. The molecule has 1 unspecified atom stereocenters. The van der Waals surface area contributed by atoms with Gasteiger partial charge in [0, 0.05) is 13.2 Å². The van der Waals surface area contributed by atoms with Crippen molar-refractivity contribution in [1.82, 2.24) is 0 Å². The van der Waals surface area contributed by atoms with Crippen molar-refractivity contribution < 1.29 is 22.7 Å². The largest absolute Gasteiger partial charge is 0.468 e. The monoisotopic (exact) mass is 239 g/mol. The SMILES string of the molecule is CCOC(CN)CS(=O)(=O)CC(=O)OC. The Kier molecular flexibility index (Phi) is 6.46. The highest BCUT2D eigenvalue weighted by atomic mass is 32.2. The molecular weight excluding hydrogens is 222 g/mol. The Morgan fingerprint density at radius 3 is 2.47 bits per heavy atom. The molecule has 0 aliphatic carbocycles. The van der Waals surface area contributed by atoms with Gasteiger partial charge in [0.25, 0.3) is 0 Å². The summed E-state index contributed by atoms with van der Waals surface area (Å²) in [6.45, 7) is 2.24. The number of carbonyl (C=O) groups excluding carboxylic acids is 1. The van der Waals surface area contributed by atoms with Gasteiger partial charge in [-0.3, -0.25) is 4.79 Å². The lowest BCUT2D eigenvalue weighted by atomic mass is 10.4. The average Bonchev–Trinajstić information content (AvgIpc) is 2.15. The van der Waals surface area contributed by atoms with Crippen LogP contribution < -0.4 is 5.73 Å². The van der Waals surface area contributed by atoms with Crippen molar-refractivity contribution in [3.05, 3.63) is 0 Å². The second kappa shape index (κ2) is 6.76. The summed E-state index contributed by atoms with van der Waals surface area (Å²) in [4.78, 5) is 10.8. The molecule has 0 aromatic carbocycles. The predicted molar refractivity (Wildman–Crippen MR) is 55.1 cm³/mol. The first-order valence-electron chi connectivity index (χ1n) is 4.54. The van der Waals surface area contributed by atoms with Crippen molar-refractivity contribution in [2.75, 3.05) is 31.8 Å². The van der Waals surface area contributed by atoms with Gasteiger partial charge in [0.1, 0.15) is 5.75 Å². The van der Waals surface area contributed by atoms with Crippen LogP contribution in [0.1, 0.15) is 6.92 Å². The van der Waals surface area contributed by atoms with E-state index in [4.69, 9.17) is 10.5 Å². The first-order valence-corrected chi connectivity index (χ1v) is 6.36. The van der Waals surface area contributed by atoms with Gasteiger partial charge in [0.05, 0.1) is 19.0 Å². The summed E-state index contributed by atoms with van der Waals surface area (Å²) in [6, 6.07) is 0. The highest BCUT2D eigenvalue weighted by Gasteiger charge is 2.22. The van der Waals surface area contributed by atoms with Gasteiger partial charge in [0.15, 0.2) is 9.84 Å². The number of esters is 1. The number of carbonyl (C=O) groups is 1. The summed E-state index contributed by atoms with van der Waals surface area (Å²) in [7, 11) is -2.37. The Morgan fingerprint density at radius 1 is 1.47 bits per heavy atom. The second-order valence-corrected chi connectivity index (χ2v) is 5.05. The summed E-state index contributed by atoms with van der Waals surface area (Å²) in [5, 5.41) is 0. The van der Waals surface area contributed by atoms with Crippen molar-refractivity contribution >= 4 is 15.8 Å². The van der Waals surface area contributed by atoms with Crippen molar-refractivity contribution in [3.8, 4) is 0 Å². The van der Waals surface area contributed by atoms with E-state index in [1.807, 2.05) is 0 Å². The van der Waals surface area contributed by atoms with E-state index >= 15 is 0 Å². The van der Waals surface area contributed by atoms with Crippen LogP contribution >= 0.6 is 0 Å². The van der Waals surface area contributed by atoms with Crippen LogP contribution in [0, 0.1) is 0 Å². The van der Waals surface area contributed by atoms with Crippen LogP contribution in [0.25, 0.3) is 0 Å². The summed E-state index contributed by atoms with van der Waals surface area (Å²) >= 11 is 0. The normalized spacial score (nSPS) is 13.5. The van der Waals surface area contributed by atoms with Crippen molar-refractivity contribution in [3.63, 3.8) is 0 Å². The summed E-state index contributed by atoms with van der Waals surface area (Å²) in [6.07, 6.45) is -0.565. The molecule has 0 rings (SSSR count). The van der Waals surface area contributed by atoms with Gasteiger partial charge in [-0.1, -0.05) is 0 Å². The molecule has 0 aromatic heterocycles. The summed E-state index contributed by atoms with van der Waals surface area (Å²) < 4.78 is 32.2. The molecule has 6 nitrogen and oxygen atoms in total. The van der Waals surface area contributed by atoms with Gasteiger partial charge in [-0.2, -0.15) is 0 Å². The standard InChI is InChI=1S/C8H17NO5S/c1-3-14-7(4-9)5-15(11,12)6-8(10)13-2/h7H,3-6,9H2,1-2H3. The number of hydrogen-bond donors (Lipinski definition) is 1. The average molecular weight is 239 g/mol. The van der Waals surface area contributed by atoms with Crippen LogP contribution in [0.15, 0.2) is 0 Å². The Bertz CT molecular complexity index is 287. The molecule has 0 amide bonds. The molecule has 0 saturated heterocycles. The van der Waals surface area contributed by atoms with E-state index in [1.165, 1.54) is 0 Å². The fourth-order valence-corrected chi connectivity index (χ4v) is 2.39. The fraction of sp³-hybridized carbons (Fsp3) is 0.875. The van der Waals surface area contributed by atoms with E-state index in [9.17, 15) is 13.2 Å². The van der Waals surface area contributed by atoms with Gasteiger partial charge in [-0.15, -0.1) is 0 Å². The van der Waals surface area contributed by atoms with Crippen molar-refractivity contribution in [2.45, 2.75) is 13.0 Å². The van der Waals surface area contributed by atoms with Gasteiger partial charge in [-0.05, 0) is 6.92 Å². The molecule has 0 aliphatic rings. The maximum Gasteiger partial charge on any atom is 0.320 e. The van der Waals surface area contributed by atoms with E-state index in [0.717, 1.165) is 7.11 Å². The Hall–Kier alpha value is -0.660. The molecule has 2 N–H and O–H groups in total. The molecule has 0 aromatic rings. The van der Waals surface area contributed by atoms with Crippen LogP contribution in [-0.2, 0) is 24.1 Å². The first-order chi connectivity index (χ1) is 6.95. The lowest BCUT2D eigenvalue weighted by molar-refractivity contribution is -0.137. The molecule has 0 spiro atoms. The number of methoxy groups -OCH3 is 1. The van der Waals surface area contributed by atoms with Crippen LogP contribution in [0.3, 0.4) is 0 Å². The quantitative estimate of drug-likeness (QED) is 0.569. The third-order valence-corrected chi connectivity index (χ3v) is 3.23. The van der Waals surface area contributed by atoms with Crippen LogP contribution in [0.5, 0.6) is 0 Å². The number of hydrogen-bond acceptors (Lipinski definition) is 6.